The quantitative estimate of drug-likeness (QED) is 0.484. The number of carbonyl (C=O) groups is 1. The molecule has 0 aliphatic carbocycles. The van der Waals surface area contributed by atoms with Crippen LogP contribution in [0.5, 0.6) is 0 Å². The molecule has 3 nitrogen and oxygen atoms in total. The fraction of sp³-hybridized carbons (Fsp3) is 0.500. The van der Waals surface area contributed by atoms with Crippen molar-refractivity contribution in [2.24, 2.45) is 0 Å². The molecule has 0 radical (unpaired) electrons. The van der Waals surface area contributed by atoms with Gasteiger partial charge in [0.2, 0.25) is 0 Å². The van der Waals surface area contributed by atoms with Gasteiger partial charge in [0.1, 0.15) is 11.6 Å². The molecule has 0 saturated carbocycles. The first-order chi connectivity index (χ1) is 5.26. The summed E-state index contributed by atoms with van der Waals surface area (Å²) in [6, 6.07) is 1.84. The van der Waals surface area contributed by atoms with Gasteiger partial charge in [-0.15, -0.1) is 0 Å². The van der Waals surface area contributed by atoms with E-state index in [4.69, 9.17) is 5.26 Å². The highest BCUT2D eigenvalue weighted by atomic mass is 16.1. The van der Waals surface area contributed by atoms with E-state index in [1.54, 1.807) is 6.08 Å². The molecule has 0 aromatic rings. The molecule has 60 valence electrons. The van der Waals surface area contributed by atoms with Gasteiger partial charge in [0, 0.05) is 7.05 Å². The minimum atomic E-state index is -0.305. The summed E-state index contributed by atoms with van der Waals surface area (Å²) in [6.07, 6.45) is 3.37. The minimum absolute atomic E-state index is 0.203. The van der Waals surface area contributed by atoms with E-state index in [9.17, 15) is 4.79 Å². The summed E-state index contributed by atoms with van der Waals surface area (Å²) in [5, 5.41) is 10.9. The van der Waals surface area contributed by atoms with Gasteiger partial charge in [-0.25, -0.2) is 0 Å². The van der Waals surface area contributed by atoms with Crippen molar-refractivity contribution in [3.8, 4) is 6.07 Å². The normalized spacial score (nSPS) is 10.5. The molecule has 0 aromatic heterocycles. The number of hydrogen-bond donors (Lipinski definition) is 1. The largest absolute Gasteiger partial charge is 0.354 e. The van der Waals surface area contributed by atoms with Crippen LogP contribution in [0.3, 0.4) is 0 Å². The predicted molar refractivity (Wildman–Crippen MR) is 42.7 cm³/mol. The van der Waals surface area contributed by atoms with Crippen LogP contribution in [0.1, 0.15) is 19.8 Å². The second kappa shape index (κ2) is 5.48. The molecule has 0 atom stereocenters. The van der Waals surface area contributed by atoms with E-state index in [2.05, 4.69) is 5.32 Å². The molecule has 0 spiro atoms. The molecule has 0 aliphatic heterocycles. The molecule has 0 bridgehead atoms. The Hall–Kier alpha value is -1.30. The van der Waals surface area contributed by atoms with Crippen LogP contribution in [0.4, 0.5) is 0 Å². The average Bonchev–Trinajstić information content (AvgIpc) is 2.05. The van der Waals surface area contributed by atoms with Crippen LogP contribution in [0, 0.1) is 11.3 Å². The van der Waals surface area contributed by atoms with Crippen molar-refractivity contribution >= 4 is 5.91 Å². The smallest absolute Gasteiger partial charge is 0.261 e. The van der Waals surface area contributed by atoms with Crippen LogP contribution in [0.2, 0.25) is 0 Å². The van der Waals surface area contributed by atoms with Gasteiger partial charge in [-0.2, -0.15) is 5.26 Å². The number of allylic oxidation sites excluding steroid dienone is 1. The van der Waals surface area contributed by atoms with E-state index in [1.165, 1.54) is 7.05 Å². The van der Waals surface area contributed by atoms with E-state index < -0.39 is 0 Å². The van der Waals surface area contributed by atoms with Gasteiger partial charge in [-0.3, -0.25) is 4.79 Å². The summed E-state index contributed by atoms with van der Waals surface area (Å²) < 4.78 is 0. The Bertz CT molecular complexity index is 201. The molecule has 0 rings (SSSR count). The van der Waals surface area contributed by atoms with E-state index in [0.29, 0.717) is 0 Å². The zero-order valence-corrected chi connectivity index (χ0v) is 6.85. The monoisotopic (exact) mass is 152 g/mol. The van der Waals surface area contributed by atoms with Gasteiger partial charge >= 0.3 is 0 Å². The van der Waals surface area contributed by atoms with Crippen molar-refractivity contribution in [2.45, 2.75) is 19.8 Å². The Kier molecular flexibility index (Phi) is 4.83. The fourth-order valence-electron chi connectivity index (χ4n) is 0.612. The molecule has 0 aromatic carbocycles. The fourth-order valence-corrected chi connectivity index (χ4v) is 0.612. The molecule has 0 fully saturated rings. The zero-order chi connectivity index (χ0) is 8.69. The lowest BCUT2D eigenvalue weighted by Crippen LogP contribution is -2.19. The molecule has 0 unspecified atom stereocenters. The summed E-state index contributed by atoms with van der Waals surface area (Å²) in [5.41, 5.74) is 0.203. The molecule has 0 aliphatic rings. The first kappa shape index (κ1) is 9.70. The molecule has 3 heteroatoms. The standard InChI is InChI=1S/C8H12N2O/c1-3-4-5-7(6-9)8(11)10-2/h5H,3-4H2,1-2H3,(H,10,11)/b7-5-. The molecular formula is C8H12N2O. The summed E-state index contributed by atoms with van der Waals surface area (Å²) in [7, 11) is 1.51. The van der Waals surface area contributed by atoms with Crippen molar-refractivity contribution in [3.05, 3.63) is 11.6 Å². The Balaban J connectivity index is 4.18. The third-order valence-electron chi connectivity index (χ3n) is 1.23. The first-order valence-corrected chi connectivity index (χ1v) is 3.58. The van der Waals surface area contributed by atoms with Crippen LogP contribution in [0.25, 0.3) is 0 Å². The Labute approximate surface area is 66.7 Å². The first-order valence-electron chi connectivity index (χ1n) is 3.58. The van der Waals surface area contributed by atoms with Gasteiger partial charge in [-0.05, 0) is 6.42 Å². The number of nitrogens with zero attached hydrogens (tertiary/aromatic N) is 1. The number of rotatable bonds is 3. The maximum absolute atomic E-state index is 10.8. The number of nitriles is 1. The zero-order valence-electron chi connectivity index (χ0n) is 6.85. The van der Waals surface area contributed by atoms with Gasteiger partial charge in [0.25, 0.3) is 5.91 Å². The van der Waals surface area contributed by atoms with Crippen molar-refractivity contribution in [1.29, 1.82) is 5.26 Å². The molecule has 11 heavy (non-hydrogen) atoms. The van der Waals surface area contributed by atoms with Crippen LogP contribution < -0.4 is 5.32 Å². The highest BCUT2D eigenvalue weighted by Gasteiger charge is 2.03. The number of amides is 1. The van der Waals surface area contributed by atoms with E-state index in [-0.39, 0.29) is 11.5 Å². The summed E-state index contributed by atoms with van der Waals surface area (Å²) in [5.74, 6) is -0.305. The highest BCUT2D eigenvalue weighted by molar-refractivity contribution is 5.96. The number of hydrogen-bond acceptors (Lipinski definition) is 2. The van der Waals surface area contributed by atoms with Crippen molar-refractivity contribution in [1.82, 2.24) is 5.32 Å². The summed E-state index contributed by atoms with van der Waals surface area (Å²) in [6.45, 7) is 2.00. The van der Waals surface area contributed by atoms with Gasteiger partial charge in [0.05, 0.1) is 0 Å². The second-order valence-electron chi connectivity index (χ2n) is 2.10. The van der Waals surface area contributed by atoms with Gasteiger partial charge in [0.15, 0.2) is 0 Å². The molecular weight excluding hydrogens is 140 g/mol. The third-order valence-corrected chi connectivity index (χ3v) is 1.23. The third kappa shape index (κ3) is 3.41. The van der Waals surface area contributed by atoms with E-state index in [0.717, 1.165) is 12.8 Å². The lowest BCUT2D eigenvalue weighted by molar-refractivity contribution is -0.116. The predicted octanol–water partition coefficient (Wildman–Crippen LogP) is 0.982. The Morgan fingerprint density at radius 2 is 2.36 bits per heavy atom. The lowest BCUT2D eigenvalue weighted by atomic mass is 10.2. The van der Waals surface area contributed by atoms with Gasteiger partial charge < -0.3 is 5.32 Å². The van der Waals surface area contributed by atoms with Crippen LogP contribution in [0.15, 0.2) is 11.6 Å². The number of carbonyl (C=O) groups excluding carboxylic acids is 1. The van der Waals surface area contributed by atoms with Crippen molar-refractivity contribution < 1.29 is 4.79 Å². The van der Waals surface area contributed by atoms with Crippen LogP contribution >= 0.6 is 0 Å². The van der Waals surface area contributed by atoms with Crippen LogP contribution in [-0.2, 0) is 4.79 Å². The summed E-state index contributed by atoms with van der Waals surface area (Å²) in [4.78, 5) is 10.8. The number of nitrogens with one attached hydrogen (secondary N) is 1. The molecule has 0 saturated heterocycles. The highest BCUT2D eigenvalue weighted by Crippen LogP contribution is 1.97. The van der Waals surface area contributed by atoms with Crippen LogP contribution in [-0.4, -0.2) is 13.0 Å². The second-order valence-corrected chi connectivity index (χ2v) is 2.10. The molecule has 1 amide bonds. The van der Waals surface area contributed by atoms with E-state index in [1.807, 2.05) is 13.0 Å². The van der Waals surface area contributed by atoms with Crippen molar-refractivity contribution in [2.75, 3.05) is 7.05 Å². The number of likely N-dealkylation sites (N-methyl/N-ethyl adjacent to an activating group) is 1. The molecule has 1 N–H and O–H groups in total. The molecule has 0 heterocycles. The minimum Gasteiger partial charge on any atom is -0.354 e. The Morgan fingerprint density at radius 1 is 1.73 bits per heavy atom. The Morgan fingerprint density at radius 3 is 2.73 bits per heavy atom. The SMILES string of the molecule is CCC/C=C(/C#N)C(=O)NC. The maximum atomic E-state index is 10.8. The average molecular weight is 152 g/mol. The maximum Gasteiger partial charge on any atom is 0.261 e. The summed E-state index contributed by atoms with van der Waals surface area (Å²) >= 11 is 0. The van der Waals surface area contributed by atoms with E-state index >= 15 is 0 Å². The number of unbranched alkanes of at least 4 members (excludes halogenated alkanes) is 1. The topological polar surface area (TPSA) is 52.9 Å². The van der Waals surface area contributed by atoms with Gasteiger partial charge in [-0.1, -0.05) is 19.4 Å². The van der Waals surface area contributed by atoms with Crippen molar-refractivity contribution in [3.63, 3.8) is 0 Å². The lowest BCUT2D eigenvalue weighted by Gasteiger charge is -1.94.